The molecule has 130 valence electrons. The first-order valence-corrected chi connectivity index (χ1v) is 8.62. The van der Waals surface area contributed by atoms with Crippen LogP contribution in [0.4, 0.5) is 0 Å². The molecule has 0 aliphatic heterocycles. The van der Waals surface area contributed by atoms with Crippen LogP contribution in [0.15, 0.2) is 34.9 Å². The van der Waals surface area contributed by atoms with Gasteiger partial charge in [-0.25, -0.2) is 4.99 Å². The molecule has 0 spiro atoms. The minimum Gasteiger partial charge on any atom is -0.356 e. The Hall–Kier alpha value is -2.42. The zero-order valence-corrected chi connectivity index (χ0v) is 14.8. The van der Waals surface area contributed by atoms with Gasteiger partial charge in [0.2, 0.25) is 5.91 Å². The summed E-state index contributed by atoms with van der Waals surface area (Å²) in [4.78, 5) is 18.8. The van der Waals surface area contributed by atoms with Crippen molar-refractivity contribution < 1.29 is 4.79 Å². The maximum absolute atomic E-state index is 11.7. The SMILES string of the molecule is CN(C)C(=O)CN=C(NCCCn1ccnn1)NCc1cccs1. The van der Waals surface area contributed by atoms with Crippen molar-refractivity contribution in [2.45, 2.75) is 19.5 Å². The lowest BCUT2D eigenvalue weighted by atomic mass is 10.4. The van der Waals surface area contributed by atoms with Gasteiger partial charge >= 0.3 is 0 Å². The molecular weight excluding hydrogens is 326 g/mol. The van der Waals surface area contributed by atoms with Crippen LogP contribution in [0.25, 0.3) is 0 Å². The van der Waals surface area contributed by atoms with Crippen LogP contribution in [0.2, 0.25) is 0 Å². The fourth-order valence-electron chi connectivity index (χ4n) is 1.85. The van der Waals surface area contributed by atoms with Gasteiger partial charge in [-0.05, 0) is 17.9 Å². The number of hydrogen-bond acceptors (Lipinski definition) is 5. The maximum atomic E-state index is 11.7. The molecule has 2 aromatic heterocycles. The third-order valence-corrected chi connectivity index (χ3v) is 4.09. The topological polar surface area (TPSA) is 87.4 Å². The minimum absolute atomic E-state index is 0.0326. The molecule has 9 heteroatoms. The lowest BCUT2D eigenvalue weighted by Crippen LogP contribution is -2.38. The van der Waals surface area contributed by atoms with E-state index in [2.05, 4.69) is 32.0 Å². The van der Waals surface area contributed by atoms with Gasteiger partial charge in [0.05, 0.1) is 12.7 Å². The number of aromatic nitrogens is 3. The number of aliphatic imine (C=N–C) groups is 1. The van der Waals surface area contributed by atoms with Gasteiger partial charge in [-0.15, -0.1) is 16.4 Å². The number of carbonyl (C=O) groups excluding carboxylic acids is 1. The molecule has 0 saturated carbocycles. The van der Waals surface area contributed by atoms with E-state index < -0.39 is 0 Å². The van der Waals surface area contributed by atoms with E-state index in [1.807, 2.05) is 17.6 Å². The summed E-state index contributed by atoms with van der Waals surface area (Å²) in [5.41, 5.74) is 0. The van der Waals surface area contributed by atoms with E-state index >= 15 is 0 Å². The van der Waals surface area contributed by atoms with Crippen LogP contribution in [0.1, 0.15) is 11.3 Å². The summed E-state index contributed by atoms with van der Waals surface area (Å²) in [7, 11) is 3.45. The Labute approximate surface area is 145 Å². The summed E-state index contributed by atoms with van der Waals surface area (Å²) in [5.74, 6) is 0.604. The molecule has 2 aromatic rings. The van der Waals surface area contributed by atoms with E-state index in [9.17, 15) is 4.79 Å². The van der Waals surface area contributed by atoms with Crippen molar-refractivity contribution >= 4 is 23.2 Å². The third kappa shape index (κ3) is 6.37. The van der Waals surface area contributed by atoms with Crippen LogP contribution in [-0.4, -0.2) is 58.9 Å². The van der Waals surface area contributed by atoms with E-state index in [0.29, 0.717) is 12.5 Å². The van der Waals surface area contributed by atoms with Crippen LogP contribution in [0.3, 0.4) is 0 Å². The molecule has 0 aliphatic rings. The Morgan fingerprint density at radius 1 is 1.42 bits per heavy atom. The third-order valence-electron chi connectivity index (χ3n) is 3.21. The largest absolute Gasteiger partial charge is 0.356 e. The first-order chi connectivity index (χ1) is 11.6. The Morgan fingerprint density at radius 3 is 2.96 bits per heavy atom. The standard InChI is InChI=1S/C15H23N7OS/c1-21(2)14(23)12-18-15(17-11-13-5-3-10-24-13)16-6-4-8-22-9-7-19-20-22/h3,5,7,9-10H,4,6,8,11-12H2,1-2H3,(H2,16,17,18). The van der Waals surface area contributed by atoms with Crippen molar-refractivity contribution in [1.29, 1.82) is 0 Å². The van der Waals surface area contributed by atoms with Gasteiger partial charge < -0.3 is 15.5 Å². The Balaban J connectivity index is 1.81. The van der Waals surface area contributed by atoms with Gasteiger partial charge in [0, 0.05) is 38.3 Å². The van der Waals surface area contributed by atoms with E-state index in [-0.39, 0.29) is 12.5 Å². The van der Waals surface area contributed by atoms with Gasteiger partial charge in [-0.3, -0.25) is 9.48 Å². The van der Waals surface area contributed by atoms with Gasteiger partial charge in [0.25, 0.3) is 0 Å². The first kappa shape index (κ1) is 17.9. The van der Waals surface area contributed by atoms with Gasteiger partial charge in [-0.1, -0.05) is 11.3 Å². The van der Waals surface area contributed by atoms with E-state index in [1.54, 1.807) is 36.3 Å². The van der Waals surface area contributed by atoms with Gasteiger partial charge in [0.15, 0.2) is 5.96 Å². The number of guanidine groups is 1. The highest BCUT2D eigenvalue weighted by Crippen LogP contribution is 2.07. The van der Waals surface area contributed by atoms with E-state index in [4.69, 9.17) is 0 Å². The molecule has 0 atom stereocenters. The molecule has 0 saturated heterocycles. The number of thiophene rings is 1. The lowest BCUT2D eigenvalue weighted by Gasteiger charge is -2.13. The summed E-state index contributed by atoms with van der Waals surface area (Å²) in [6.45, 7) is 2.31. The zero-order valence-electron chi connectivity index (χ0n) is 14.0. The fourth-order valence-corrected chi connectivity index (χ4v) is 2.49. The molecule has 24 heavy (non-hydrogen) atoms. The van der Waals surface area contributed by atoms with Crippen LogP contribution in [0.5, 0.6) is 0 Å². The predicted octanol–water partition coefficient (Wildman–Crippen LogP) is 0.553. The molecule has 0 fully saturated rings. The molecule has 0 radical (unpaired) electrons. The molecule has 0 aromatic carbocycles. The molecule has 0 aliphatic carbocycles. The molecule has 1 amide bonds. The highest BCUT2D eigenvalue weighted by atomic mass is 32.1. The Bertz CT molecular complexity index is 622. The number of aryl methyl sites for hydroxylation is 1. The number of amides is 1. The summed E-state index contributed by atoms with van der Waals surface area (Å²) >= 11 is 1.68. The number of carbonyl (C=O) groups is 1. The average molecular weight is 349 g/mol. The van der Waals surface area contributed by atoms with Crippen LogP contribution in [-0.2, 0) is 17.9 Å². The molecular formula is C15H23N7OS. The van der Waals surface area contributed by atoms with Crippen molar-refractivity contribution in [3.8, 4) is 0 Å². The quantitative estimate of drug-likeness (QED) is 0.413. The Morgan fingerprint density at radius 2 is 2.29 bits per heavy atom. The smallest absolute Gasteiger partial charge is 0.243 e. The summed E-state index contributed by atoms with van der Waals surface area (Å²) in [5, 5.41) is 16.2. The van der Waals surface area contributed by atoms with Crippen LogP contribution in [0, 0.1) is 0 Å². The fraction of sp³-hybridized carbons (Fsp3) is 0.467. The molecule has 2 rings (SSSR count). The monoisotopic (exact) mass is 349 g/mol. The second-order valence-corrected chi connectivity index (χ2v) is 6.36. The van der Waals surface area contributed by atoms with E-state index in [1.165, 1.54) is 9.78 Å². The predicted molar refractivity (Wildman–Crippen MR) is 94.8 cm³/mol. The average Bonchev–Trinajstić information content (AvgIpc) is 3.26. The summed E-state index contributed by atoms with van der Waals surface area (Å²) in [6, 6.07) is 4.07. The van der Waals surface area contributed by atoms with Crippen molar-refractivity contribution in [1.82, 2.24) is 30.5 Å². The first-order valence-electron chi connectivity index (χ1n) is 7.74. The summed E-state index contributed by atoms with van der Waals surface area (Å²) < 4.78 is 1.78. The molecule has 2 N–H and O–H groups in total. The Kier molecular flexibility index (Phi) is 7.21. The summed E-state index contributed by atoms with van der Waals surface area (Å²) in [6.07, 6.45) is 4.38. The number of nitrogens with zero attached hydrogens (tertiary/aromatic N) is 5. The normalized spacial score (nSPS) is 11.3. The highest BCUT2D eigenvalue weighted by Gasteiger charge is 2.05. The van der Waals surface area contributed by atoms with Crippen LogP contribution < -0.4 is 10.6 Å². The second kappa shape index (κ2) is 9.66. The molecule has 0 unspecified atom stereocenters. The molecule has 0 bridgehead atoms. The number of hydrogen-bond donors (Lipinski definition) is 2. The molecule has 2 heterocycles. The van der Waals surface area contributed by atoms with Crippen molar-refractivity contribution in [3.05, 3.63) is 34.8 Å². The van der Waals surface area contributed by atoms with Crippen LogP contribution >= 0.6 is 11.3 Å². The maximum Gasteiger partial charge on any atom is 0.243 e. The number of nitrogens with one attached hydrogen (secondary N) is 2. The minimum atomic E-state index is -0.0326. The van der Waals surface area contributed by atoms with Gasteiger partial charge in [-0.2, -0.15) is 0 Å². The van der Waals surface area contributed by atoms with Crippen molar-refractivity contribution in [2.75, 3.05) is 27.2 Å². The zero-order chi connectivity index (χ0) is 17.2. The lowest BCUT2D eigenvalue weighted by molar-refractivity contribution is -0.127. The van der Waals surface area contributed by atoms with Crippen molar-refractivity contribution in [2.24, 2.45) is 4.99 Å². The highest BCUT2D eigenvalue weighted by molar-refractivity contribution is 7.09. The number of rotatable bonds is 8. The van der Waals surface area contributed by atoms with E-state index in [0.717, 1.165) is 19.5 Å². The van der Waals surface area contributed by atoms with Gasteiger partial charge in [0.1, 0.15) is 6.54 Å². The van der Waals surface area contributed by atoms with Crippen molar-refractivity contribution in [3.63, 3.8) is 0 Å². The second-order valence-electron chi connectivity index (χ2n) is 5.33. The molecule has 8 nitrogen and oxygen atoms in total. The number of likely N-dealkylation sites (N-methyl/N-ethyl adjacent to an activating group) is 1.